The molecule has 0 atom stereocenters. The Hall–Kier alpha value is -0.870. The summed E-state index contributed by atoms with van der Waals surface area (Å²) in [6, 6.07) is 1.98. The van der Waals surface area contributed by atoms with Gasteiger partial charge in [-0.15, -0.1) is 0 Å². The van der Waals surface area contributed by atoms with E-state index in [0.717, 1.165) is 18.4 Å². The predicted molar refractivity (Wildman–Crippen MR) is 62.3 cm³/mol. The van der Waals surface area contributed by atoms with Crippen LogP contribution in [0.1, 0.15) is 18.4 Å². The predicted octanol–water partition coefficient (Wildman–Crippen LogP) is 1.27. The first kappa shape index (κ1) is 10.3. The van der Waals surface area contributed by atoms with E-state index in [0.29, 0.717) is 25.4 Å². The van der Waals surface area contributed by atoms with Gasteiger partial charge in [-0.1, -0.05) is 0 Å². The molecule has 86 valence electrons. The summed E-state index contributed by atoms with van der Waals surface area (Å²) in [4.78, 5) is 13.6. The Kier molecular flexibility index (Phi) is 2.30. The molecule has 0 radical (unpaired) electrons. The highest BCUT2D eigenvalue weighted by Gasteiger charge is 2.53. The van der Waals surface area contributed by atoms with Crippen molar-refractivity contribution < 1.29 is 9.90 Å². The van der Waals surface area contributed by atoms with Crippen molar-refractivity contribution in [2.24, 2.45) is 5.92 Å². The lowest BCUT2D eigenvalue weighted by Crippen LogP contribution is -2.65. The highest BCUT2D eigenvalue weighted by molar-refractivity contribution is 7.07. The van der Waals surface area contributed by atoms with E-state index >= 15 is 0 Å². The van der Waals surface area contributed by atoms with Crippen LogP contribution in [0.5, 0.6) is 0 Å². The normalized spacial score (nSPS) is 22.9. The van der Waals surface area contributed by atoms with Crippen LogP contribution >= 0.6 is 11.3 Å². The van der Waals surface area contributed by atoms with E-state index in [1.165, 1.54) is 0 Å². The topological polar surface area (TPSA) is 40.5 Å². The van der Waals surface area contributed by atoms with E-state index in [2.05, 4.69) is 0 Å². The highest BCUT2D eigenvalue weighted by Crippen LogP contribution is 2.44. The quantitative estimate of drug-likeness (QED) is 0.860. The fourth-order valence-corrected chi connectivity index (χ4v) is 3.02. The zero-order chi connectivity index (χ0) is 11.2. The number of nitrogens with zero attached hydrogens (tertiary/aromatic N) is 1. The van der Waals surface area contributed by atoms with Crippen LogP contribution in [-0.2, 0) is 11.2 Å². The Balaban J connectivity index is 1.54. The minimum absolute atomic E-state index is 0.142. The number of amides is 1. The summed E-state index contributed by atoms with van der Waals surface area (Å²) in [6.07, 6.45) is 2.73. The fraction of sp³-hybridized carbons (Fsp3) is 0.583. The maximum Gasteiger partial charge on any atom is 0.227 e. The minimum atomic E-state index is -0.551. The third-order valence-corrected chi connectivity index (χ3v) is 4.29. The number of carbonyl (C=O) groups is 1. The van der Waals surface area contributed by atoms with Gasteiger partial charge in [-0.2, -0.15) is 11.3 Å². The lowest BCUT2D eigenvalue weighted by molar-refractivity contribution is -0.158. The van der Waals surface area contributed by atoms with Gasteiger partial charge in [0.05, 0.1) is 19.5 Å². The molecule has 1 aromatic rings. The Morgan fingerprint density at radius 3 is 2.88 bits per heavy atom. The third kappa shape index (κ3) is 1.76. The summed E-state index contributed by atoms with van der Waals surface area (Å²) in [5.41, 5.74) is 0.529. The van der Waals surface area contributed by atoms with E-state index in [1.807, 2.05) is 16.8 Å². The van der Waals surface area contributed by atoms with Crippen molar-refractivity contribution in [3.05, 3.63) is 22.4 Å². The molecule has 0 unspecified atom stereocenters. The number of aliphatic hydroxyl groups is 1. The smallest absolute Gasteiger partial charge is 0.227 e. The zero-order valence-electron chi connectivity index (χ0n) is 9.06. The van der Waals surface area contributed by atoms with Crippen molar-refractivity contribution in [1.29, 1.82) is 0 Å². The van der Waals surface area contributed by atoms with Crippen LogP contribution in [0.3, 0.4) is 0 Å². The molecule has 3 rings (SSSR count). The number of β-amino-alcohol motifs (C(OH)–C–C–N with tert-alkyl or cyclic N) is 1. The molecule has 1 N–H and O–H groups in total. The van der Waals surface area contributed by atoms with Gasteiger partial charge in [-0.25, -0.2) is 0 Å². The largest absolute Gasteiger partial charge is 0.386 e. The fourth-order valence-electron chi connectivity index (χ4n) is 2.35. The second-order valence-corrected chi connectivity index (χ2v) is 5.72. The maximum absolute atomic E-state index is 11.8. The molecule has 4 heteroatoms. The van der Waals surface area contributed by atoms with Crippen LogP contribution in [0.4, 0.5) is 0 Å². The summed E-state index contributed by atoms with van der Waals surface area (Å²) >= 11 is 1.61. The lowest BCUT2D eigenvalue weighted by atomic mass is 9.88. The zero-order valence-corrected chi connectivity index (χ0v) is 9.87. The first-order chi connectivity index (χ1) is 7.67. The molecular formula is C12H15NO2S. The molecule has 0 aromatic carbocycles. The highest BCUT2D eigenvalue weighted by atomic mass is 32.1. The molecule has 0 spiro atoms. The molecule has 2 aliphatic rings. The Bertz CT molecular complexity index is 391. The van der Waals surface area contributed by atoms with E-state index in [-0.39, 0.29) is 5.91 Å². The van der Waals surface area contributed by atoms with E-state index in [9.17, 15) is 9.90 Å². The minimum Gasteiger partial charge on any atom is -0.386 e. The molecule has 2 fully saturated rings. The number of carbonyl (C=O) groups excluding carboxylic acids is 1. The van der Waals surface area contributed by atoms with Crippen molar-refractivity contribution in [3.8, 4) is 0 Å². The second-order valence-electron chi connectivity index (χ2n) is 4.94. The summed E-state index contributed by atoms with van der Waals surface area (Å²) in [5, 5.41) is 14.1. The van der Waals surface area contributed by atoms with Crippen molar-refractivity contribution in [1.82, 2.24) is 4.90 Å². The average molecular weight is 237 g/mol. The van der Waals surface area contributed by atoms with Gasteiger partial charge >= 0.3 is 0 Å². The van der Waals surface area contributed by atoms with Gasteiger partial charge in [0.2, 0.25) is 5.91 Å². The van der Waals surface area contributed by atoms with Crippen molar-refractivity contribution in [3.63, 3.8) is 0 Å². The standard InChI is InChI=1S/C12H15NO2S/c14-11(5-9-3-4-16-6-9)13-7-12(15,8-13)10-1-2-10/h3-4,6,10,15H,1-2,5,7-8H2. The Morgan fingerprint density at radius 1 is 1.56 bits per heavy atom. The van der Waals surface area contributed by atoms with Gasteiger partial charge in [-0.3, -0.25) is 4.79 Å². The Morgan fingerprint density at radius 2 is 2.31 bits per heavy atom. The molecule has 1 aliphatic carbocycles. The first-order valence-electron chi connectivity index (χ1n) is 5.69. The van der Waals surface area contributed by atoms with E-state index in [1.54, 1.807) is 16.2 Å². The maximum atomic E-state index is 11.8. The average Bonchev–Trinajstić information content (AvgIpc) is 2.94. The molecular weight excluding hydrogens is 222 g/mol. The van der Waals surface area contributed by atoms with Gasteiger partial charge in [-0.05, 0) is 41.1 Å². The van der Waals surface area contributed by atoms with Crippen molar-refractivity contribution in [2.45, 2.75) is 24.9 Å². The van der Waals surface area contributed by atoms with Crippen molar-refractivity contribution >= 4 is 17.2 Å². The number of likely N-dealkylation sites (tertiary alicyclic amines) is 1. The second kappa shape index (κ2) is 3.57. The van der Waals surface area contributed by atoms with Gasteiger partial charge in [0.15, 0.2) is 0 Å². The van der Waals surface area contributed by atoms with E-state index < -0.39 is 5.60 Å². The number of thiophene rings is 1. The number of hydrogen-bond acceptors (Lipinski definition) is 3. The summed E-state index contributed by atoms with van der Waals surface area (Å²) in [7, 11) is 0. The molecule has 0 bridgehead atoms. The molecule has 2 heterocycles. The summed E-state index contributed by atoms with van der Waals surface area (Å²) in [5.74, 6) is 0.599. The molecule has 1 saturated carbocycles. The molecule has 1 aliphatic heterocycles. The lowest BCUT2D eigenvalue weighted by Gasteiger charge is -2.47. The number of rotatable bonds is 3. The van der Waals surface area contributed by atoms with Crippen LogP contribution in [0, 0.1) is 5.92 Å². The molecule has 3 nitrogen and oxygen atoms in total. The Labute approximate surface area is 98.7 Å². The van der Waals surface area contributed by atoms with Crippen LogP contribution in [0.25, 0.3) is 0 Å². The monoisotopic (exact) mass is 237 g/mol. The van der Waals surface area contributed by atoms with E-state index in [4.69, 9.17) is 0 Å². The molecule has 16 heavy (non-hydrogen) atoms. The van der Waals surface area contributed by atoms with Crippen LogP contribution < -0.4 is 0 Å². The van der Waals surface area contributed by atoms with Gasteiger partial charge in [0.25, 0.3) is 0 Å². The van der Waals surface area contributed by atoms with Crippen LogP contribution in [-0.4, -0.2) is 34.6 Å². The summed E-state index contributed by atoms with van der Waals surface area (Å²) < 4.78 is 0. The van der Waals surface area contributed by atoms with Gasteiger partial charge in [0.1, 0.15) is 5.60 Å². The van der Waals surface area contributed by atoms with Crippen molar-refractivity contribution in [2.75, 3.05) is 13.1 Å². The van der Waals surface area contributed by atoms with Gasteiger partial charge in [0, 0.05) is 0 Å². The van der Waals surface area contributed by atoms with Crippen LogP contribution in [0.15, 0.2) is 16.8 Å². The van der Waals surface area contributed by atoms with Crippen LogP contribution in [0.2, 0.25) is 0 Å². The molecule has 1 aromatic heterocycles. The SMILES string of the molecule is O=C(Cc1ccsc1)N1CC(O)(C2CC2)C1. The molecule has 1 amide bonds. The summed E-state index contributed by atoms with van der Waals surface area (Å²) in [6.45, 7) is 1.08. The molecule has 1 saturated heterocycles. The number of hydrogen-bond donors (Lipinski definition) is 1. The van der Waals surface area contributed by atoms with Gasteiger partial charge < -0.3 is 10.0 Å². The first-order valence-corrected chi connectivity index (χ1v) is 6.63. The third-order valence-electron chi connectivity index (χ3n) is 3.55.